The van der Waals surface area contributed by atoms with Gasteiger partial charge in [0.2, 0.25) is 0 Å². The Balaban J connectivity index is 0.00000121. The fourth-order valence-electron chi connectivity index (χ4n) is 2.57. The zero-order valence-electron chi connectivity index (χ0n) is 10.4. The molecule has 0 aliphatic heterocycles. The molecule has 0 bridgehead atoms. The van der Waals surface area contributed by atoms with E-state index in [4.69, 9.17) is 0 Å². The molecule has 1 aromatic heterocycles. The number of hydrogen-bond donors (Lipinski definition) is 0. The van der Waals surface area contributed by atoms with Crippen molar-refractivity contribution >= 4 is 32.4 Å². The van der Waals surface area contributed by atoms with E-state index in [1.807, 2.05) is 30.5 Å². The minimum Gasteiger partial charge on any atom is -0.303 e. The maximum atomic E-state index is 14.2. The van der Waals surface area contributed by atoms with Crippen LogP contribution in [0.15, 0.2) is 54.7 Å². The molecule has 0 fully saturated rings. The van der Waals surface area contributed by atoms with Crippen molar-refractivity contribution in [1.29, 1.82) is 0 Å². The van der Waals surface area contributed by atoms with Gasteiger partial charge in [0.05, 0.1) is 5.82 Å². The third kappa shape index (κ3) is 1.82. The molecule has 0 aliphatic rings. The van der Waals surface area contributed by atoms with Crippen molar-refractivity contribution in [1.82, 2.24) is 4.98 Å². The van der Waals surface area contributed by atoms with E-state index in [-0.39, 0.29) is 25.9 Å². The molecule has 4 rings (SSSR count). The van der Waals surface area contributed by atoms with Crippen LogP contribution in [0, 0.1) is 11.9 Å². The van der Waals surface area contributed by atoms with Gasteiger partial charge in [-0.1, -0.05) is 29.7 Å². The number of rotatable bonds is 0. The molecule has 0 atom stereocenters. The van der Waals surface area contributed by atoms with Crippen molar-refractivity contribution in [2.24, 2.45) is 0 Å². The van der Waals surface area contributed by atoms with E-state index in [0.29, 0.717) is 5.39 Å². The van der Waals surface area contributed by atoms with Gasteiger partial charge in [-0.25, -0.2) is 4.39 Å². The van der Waals surface area contributed by atoms with Crippen molar-refractivity contribution in [3.8, 4) is 0 Å². The van der Waals surface area contributed by atoms with E-state index in [1.165, 1.54) is 0 Å². The predicted octanol–water partition coefficient (Wildman–Crippen LogP) is 4.48. The summed E-state index contributed by atoms with van der Waals surface area (Å²) in [6.07, 6.45) is 1.83. The summed E-state index contributed by atoms with van der Waals surface area (Å²) in [6.45, 7) is 0. The Morgan fingerprint density at radius 1 is 0.950 bits per heavy atom. The maximum absolute atomic E-state index is 14.2. The van der Waals surface area contributed by atoms with Gasteiger partial charge in [0.1, 0.15) is 0 Å². The maximum Gasteiger partial charge on any atom is 0.0885 e. The largest absolute Gasteiger partial charge is 0.303 e. The molecule has 0 N–H and O–H groups in total. The minimum absolute atomic E-state index is 0. The summed E-state index contributed by atoms with van der Waals surface area (Å²) in [5, 5.41) is 4.18. The van der Waals surface area contributed by atoms with Crippen LogP contribution in [0.4, 0.5) is 4.39 Å². The zero-order valence-corrected chi connectivity index (χ0v) is 12.7. The monoisotopic (exact) mass is 439 g/mol. The molecular weight excluding hydrogens is 429 g/mol. The molecule has 0 saturated carbocycles. The molecule has 3 aromatic carbocycles. The van der Waals surface area contributed by atoms with Crippen molar-refractivity contribution < 1.29 is 24.5 Å². The summed E-state index contributed by atoms with van der Waals surface area (Å²) < 4.78 is 14.2. The van der Waals surface area contributed by atoms with E-state index < -0.39 is 0 Å². The smallest absolute Gasteiger partial charge is 0.0885 e. The van der Waals surface area contributed by atoms with E-state index in [2.05, 4.69) is 11.1 Å². The number of pyridine rings is 1. The second-order valence-electron chi connectivity index (χ2n) is 4.56. The molecule has 0 spiro atoms. The van der Waals surface area contributed by atoms with Gasteiger partial charge in [-0.3, -0.25) is 0 Å². The van der Waals surface area contributed by atoms with Crippen LogP contribution in [-0.4, -0.2) is 4.98 Å². The van der Waals surface area contributed by atoms with Crippen LogP contribution in [0.25, 0.3) is 32.4 Å². The Labute approximate surface area is 128 Å². The molecule has 0 amide bonds. The normalized spacial score (nSPS) is 10.8. The topological polar surface area (TPSA) is 12.9 Å². The van der Waals surface area contributed by atoms with E-state index in [0.717, 1.165) is 27.1 Å². The first-order valence-electron chi connectivity index (χ1n) is 6.11. The fraction of sp³-hybridized carbons (Fsp3) is 0. The number of benzene rings is 3. The van der Waals surface area contributed by atoms with Gasteiger partial charge in [-0.2, -0.15) is 0 Å². The Morgan fingerprint density at radius 2 is 1.75 bits per heavy atom. The van der Waals surface area contributed by atoms with Gasteiger partial charge < -0.3 is 4.98 Å². The van der Waals surface area contributed by atoms with E-state index in [9.17, 15) is 4.39 Å². The number of nitrogens with zero attached hydrogens (tertiary/aromatic N) is 1. The number of hydrogen-bond acceptors (Lipinski definition) is 1. The van der Waals surface area contributed by atoms with Gasteiger partial charge in [-0.15, -0.1) is 29.7 Å². The molecule has 4 aromatic rings. The number of halogens is 1. The van der Waals surface area contributed by atoms with Gasteiger partial charge in [0.25, 0.3) is 0 Å². The first-order valence-corrected chi connectivity index (χ1v) is 6.11. The second-order valence-corrected chi connectivity index (χ2v) is 4.56. The fourth-order valence-corrected chi connectivity index (χ4v) is 2.57. The molecule has 3 heteroatoms. The molecule has 1 radical (unpaired) electrons. The Morgan fingerprint density at radius 3 is 2.65 bits per heavy atom. The number of aromatic nitrogens is 1. The molecule has 1 heterocycles. The first-order chi connectivity index (χ1) is 9.34. The van der Waals surface area contributed by atoms with Crippen molar-refractivity contribution in [3.05, 3.63) is 66.6 Å². The van der Waals surface area contributed by atoms with Crippen LogP contribution in [0.5, 0.6) is 0 Å². The van der Waals surface area contributed by atoms with Crippen molar-refractivity contribution in [2.45, 2.75) is 0 Å². The van der Waals surface area contributed by atoms with Gasteiger partial charge in [0.15, 0.2) is 0 Å². The molecule has 1 nitrogen and oxygen atoms in total. The molecule has 99 valence electrons. The van der Waals surface area contributed by atoms with E-state index >= 15 is 0 Å². The van der Waals surface area contributed by atoms with Crippen LogP contribution < -0.4 is 0 Å². The SMILES string of the molecule is Fc1cc2c3ccccc3cnc2c2[c-]cccc12.[Ir]. The van der Waals surface area contributed by atoms with Crippen molar-refractivity contribution in [2.75, 3.05) is 0 Å². The van der Waals surface area contributed by atoms with Gasteiger partial charge in [0, 0.05) is 26.3 Å². The van der Waals surface area contributed by atoms with Crippen LogP contribution in [-0.2, 0) is 20.1 Å². The third-order valence-electron chi connectivity index (χ3n) is 3.46. The van der Waals surface area contributed by atoms with Gasteiger partial charge >= 0.3 is 0 Å². The van der Waals surface area contributed by atoms with Gasteiger partial charge in [-0.05, 0) is 27.7 Å². The summed E-state index contributed by atoms with van der Waals surface area (Å²) in [5.41, 5.74) is 0.802. The third-order valence-corrected chi connectivity index (χ3v) is 3.46. The Kier molecular flexibility index (Phi) is 3.25. The van der Waals surface area contributed by atoms with Crippen LogP contribution in [0.3, 0.4) is 0 Å². The van der Waals surface area contributed by atoms with Crippen molar-refractivity contribution in [3.63, 3.8) is 0 Å². The molecule has 20 heavy (non-hydrogen) atoms. The summed E-state index contributed by atoms with van der Waals surface area (Å²) in [7, 11) is 0. The predicted molar refractivity (Wildman–Crippen MR) is 75.5 cm³/mol. The van der Waals surface area contributed by atoms with Crippen LogP contribution >= 0.6 is 0 Å². The first kappa shape index (κ1) is 13.2. The molecular formula is C17H9FIrN-. The molecule has 0 unspecified atom stereocenters. The second kappa shape index (κ2) is 4.93. The average Bonchev–Trinajstić information content (AvgIpc) is 2.47. The summed E-state index contributed by atoms with van der Waals surface area (Å²) in [4.78, 5) is 4.48. The summed E-state index contributed by atoms with van der Waals surface area (Å²) in [5.74, 6) is -0.225. The Hall–Kier alpha value is -1.83. The standard InChI is InChI=1S/C17H9FN.Ir/c18-16-9-15-12-6-2-1-5-11(12)10-19-17(15)14-8-4-3-7-13(14)16;/h1-7,9-10H;/q-1;. The van der Waals surface area contributed by atoms with Crippen LogP contribution in [0.2, 0.25) is 0 Å². The Bertz CT molecular complexity index is 934. The molecule has 0 aliphatic carbocycles. The summed E-state index contributed by atoms with van der Waals surface area (Å²) >= 11 is 0. The molecule has 0 saturated heterocycles. The number of fused-ring (bicyclic) bond motifs is 5. The van der Waals surface area contributed by atoms with Crippen LogP contribution in [0.1, 0.15) is 0 Å². The van der Waals surface area contributed by atoms with E-state index in [1.54, 1.807) is 24.3 Å². The average molecular weight is 438 g/mol. The minimum atomic E-state index is -0.225. The summed E-state index contributed by atoms with van der Waals surface area (Å²) in [6, 6.07) is 17.9. The zero-order chi connectivity index (χ0) is 12.8. The quantitative estimate of drug-likeness (QED) is 0.292.